The van der Waals surface area contributed by atoms with Crippen molar-refractivity contribution in [3.63, 3.8) is 0 Å². The summed E-state index contributed by atoms with van der Waals surface area (Å²) in [6, 6.07) is 23.8. The van der Waals surface area contributed by atoms with E-state index in [0.717, 1.165) is 11.1 Å². The number of ether oxygens (including phenoxy) is 1. The first kappa shape index (κ1) is 20.3. The number of rotatable bonds is 8. The lowest BCUT2D eigenvalue weighted by atomic mass is 10.1. The van der Waals surface area contributed by atoms with Crippen LogP contribution < -0.4 is 10.6 Å². The monoisotopic (exact) mass is 388 g/mol. The SMILES string of the molecule is CCOCc1ccc(CNC(=O)c2ccc(NC(=O)c3ccccc3)cc2)cc1. The first-order chi connectivity index (χ1) is 14.2. The molecule has 0 bridgehead atoms. The molecule has 0 saturated heterocycles. The molecule has 0 heterocycles. The molecule has 148 valence electrons. The summed E-state index contributed by atoms with van der Waals surface area (Å²) >= 11 is 0. The molecule has 3 aromatic carbocycles. The molecule has 0 aromatic heterocycles. The minimum Gasteiger partial charge on any atom is -0.377 e. The van der Waals surface area contributed by atoms with Crippen LogP contribution in [-0.4, -0.2) is 18.4 Å². The van der Waals surface area contributed by atoms with Crippen LogP contribution in [0.5, 0.6) is 0 Å². The van der Waals surface area contributed by atoms with E-state index in [1.807, 2.05) is 49.4 Å². The molecule has 0 spiro atoms. The maximum Gasteiger partial charge on any atom is 0.255 e. The van der Waals surface area contributed by atoms with Crippen LogP contribution in [0.15, 0.2) is 78.9 Å². The van der Waals surface area contributed by atoms with Crippen molar-refractivity contribution < 1.29 is 14.3 Å². The van der Waals surface area contributed by atoms with Gasteiger partial charge in [-0.3, -0.25) is 9.59 Å². The molecule has 2 N–H and O–H groups in total. The predicted molar refractivity (Wildman–Crippen MR) is 114 cm³/mol. The predicted octanol–water partition coefficient (Wildman–Crippen LogP) is 4.41. The van der Waals surface area contributed by atoms with Gasteiger partial charge in [-0.1, -0.05) is 42.5 Å². The smallest absolute Gasteiger partial charge is 0.255 e. The van der Waals surface area contributed by atoms with Crippen molar-refractivity contribution in [1.29, 1.82) is 0 Å². The third-order valence-electron chi connectivity index (χ3n) is 4.39. The zero-order valence-electron chi connectivity index (χ0n) is 16.4. The summed E-state index contributed by atoms with van der Waals surface area (Å²) < 4.78 is 5.38. The van der Waals surface area contributed by atoms with Crippen LogP contribution in [0.2, 0.25) is 0 Å². The van der Waals surface area contributed by atoms with Crippen molar-refractivity contribution >= 4 is 17.5 Å². The van der Waals surface area contributed by atoms with E-state index in [1.165, 1.54) is 0 Å². The van der Waals surface area contributed by atoms with E-state index in [9.17, 15) is 9.59 Å². The highest BCUT2D eigenvalue weighted by atomic mass is 16.5. The fourth-order valence-electron chi connectivity index (χ4n) is 2.76. The van der Waals surface area contributed by atoms with E-state index >= 15 is 0 Å². The fourth-order valence-corrected chi connectivity index (χ4v) is 2.76. The van der Waals surface area contributed by atoms with Crippen LogP contribution in [0.1, 0.15) is 38.8 Å². The highest BCUT2D eigenvalue weighted by Crippen LogP contribution is 2.12. The summed E-state index contributed by atoms with van der Waals surface area (Å²) in [5.41, 5.74) is 3.89. The molecule has 29 heavy (non-hydrogen) atoms. The summed E-state index contributed by atoms with van der Waals surface area (Å²) in [5.74, 6) is -0.347. The standard InChI is InChI=1S/C24H24N2O3/c1-2-29-17-19-10-8-18(9-11-19)16-25-23(27)21-12-14-22(15-13-21)26-24(28)20-6-4-3-5-7-20/h3-15H,2,16-17H2,1H3,(H,25,27)(H,26,28). The largest absolute Gasteiger partial charge is 0.377 e. The Hall–Kier alpha value is -3.44. The molecule has 0 atom stereocenters. The Morgan fingerprint density at radius 2 is 1.38 bits per heavy atom. The lowest BCUT2D eigenvalue weighted by Gasteiger charge is -2.08. The maximum atomic E-state index is 12.4. The number of carbonyl (C=O) groups is 2. The van der Waals surface area contributed by atoms with Gasteiger partial charge in [0.2, 0.25) is 0 Å². The second kappa shape index (κ2) is 10.2. The molecule has 0 radical (unpaired) electrons. The molecule has 0 aliphatic heterocycles. The Labute approximate surface area is 170 Å². The summed E-state index contributed by atoms with van der Waals surface area (Å²) in [5, 5.41) is 5.73. The van der Waals surface area contributed by atoms with Crippen molar-refractivity contribution in [1.82, 2.24) is 5.32 Å². The number of amides is 2. The lowest BCUT2D eigenvalue weighted by molar-refractivity contribution is 0.0950. The number of hydrogen-bond acceptors (Lipinski definition) is 3. The van der Waals surface area contributed by atoms with Crippen LogP contribution in [0.3, 0.4) is 0 Å². The summed E-state index contributed by atoms with van der Waals surface area (Å²) in [4.78, 5) is 24.5. The van der Waals surface area contributed by atoms with E-state index < -0.39 is 0 Å². The summed E-state index contributed by atoms with van der Waals surface area (Å²) in [7, 11) is 0. The van der Waals surface area contributed by atoms with Crippen LogP contribution in [0.25, 0.3) is 0 Å². The normalized spacial score (nSPS) is 10.4. The van der Waals surface area contributed by atoms with Gasteiger partial charge in [-0.25, -0.2) is 0 Å². The van der Waals surface area contributed by atoms with Crippen molar-refractivity contribution in [2.75, 3.05) is 11.9 Å². The zero-order chi connectivity index (χ0) is 20.5. The fraction of sp³-hybridized carbons (Fsp3) is 0.167. The average molecular weight is 388 g/mol. The second-order valence-corrected chi connectivity index (χ2v) is 6.53. The molecule has 3 aromatic rings. The number of anilines is 1. The van der Waals surface area contributed by atoms with Gasteiger partial charge in [0.05, 0.1) is 6.61 Å². The van der Waals surface area contributed by atoms with Crippen LogP contribution in [0.4, 0.5) is 5.69 Å². The molecule has 0 aliphatic rings. The maximum absolute atomic E-state index is 12.4. The Bertz CT molecular complexity index is 936. The van der Waals surface area contributed by atoms with Gasteiger partial charge in [-0.05, 0) is 54.4 Å². The van der Waals surface area contributed by atoms with Crippen molar-refractivity contribution in [2.45, 2.75) is 20.1 Å². The van der Waals surface area contributed by atoms with Gasteiger partial charge in [-0.2, -0.15) is 0 Å². The molecular formula is C24H24N2O3. The van der Waals surface area contributed by atoms with Crippen molar-refractivity contribution in [3.05, 3.63) is 101 Å². The van der Waals surface area contributed by atoms with Gasteiger partial charge in [0.25, 0.3) is 11.8 Å². The Balaban J connectivity index is 1.51. The minimum absolute atomic E-state index is 0.163. The third kappa shape index (κ3) is 6.02. The highest BCUT2D eigenvalue weighted by molar-refractivity contribution is 6.04. The molecule has 3 rings (SSSR count). The Morgan fingerprint density at radius 3 is 2.03 bits per heavy atom. The first-order valence-corrected chi connectivity index (χ1v) is 9.56. The van der Waals surface area contributed by atoms with Gasteiger partial charge in [0.1, 0.15) is 0 Å². The van der Waals surface area contributed by atoms with E-state index in [2.05, 4.69) is 10.6 Å². The quantitative estimate of drug-likeness (QED) is 0.601. The minimum atomic E-state index is -0.185. The van der Waals surface area contributed by atoms with Crippen LogP contribution in [0, 0.1) is 0 Å². The van der Waals surface area contributed by atoms with E-state index in [1.54, 1.807) is 36.4 Å². The summed E-state index contributed by atoms with van der Waals surface area (Å²) in [6.45, 7) is 3.69. The van der Waals surface area contributed by atoms with Gasteiger partial charge in [-0.15, -0.1) is 0 Å². The van der Waals surface area contributed by atoms with Gasteiger partial charge in [0.15, 0.2) is 0 Å². The summed E-state index contributed by atoms with van der Waals surface area (Å²) in [6.07, 6.45) is 0. The molecule has 0 saturated carbocycles. The number of nitrogens with one attached hydrogen (secondary N) is 2. The lowest BCUT2D eigenvalue weighted by Crippen LogP contribution is -2.22. The van der Waals surface area contributed by atoms with Gasteiger partial charge >= 0.3 is 0 Å². The molecule has 0 aliphatic carbocycles. The zero-order valence-corrected chi connectivity index (χ0v) is 16.4. The topological polar surface area (TPSA) is 67.4 Å². The number of hydrogen-bond donors (Lipinski definition) is 2. The first-order valence-electron chi connectivity index (χ1n) is 9.56. The average Bonchev–Trinajstić information content (AvgIpc) is 2.78. The molecule has 0 fully saturated rings. The molecular weight excluding hydrogens is 364 g/mol. The van der Waals surface area contributed by atoms with Crippen LogP contribution >= 0.6 is 0 Å². The van der Waals surface area contributed by atoms with Crippen molar-refractivity contribution in [2.24, 2.45) is 0 Å². The number of carbonyl (C=O) groups excluding carboxylic acids is 2. The molecule has 5 nitrogen and oxygen atoms in total. The Kier molecular flexibility index (Phi) is 7.14. The molecule has 5 heteroatoms. The second-order valence-electron chi connectivity index (χ2n) is 6.53. The Morgan fingerprint density at radius 1 is 0.759 bits per heavy atom. The van der Waals surface area contributed by atoms with Gasteiger partial charge < -0.3 is 15.4 Å². The van der Waals surface area contributed by atoms with Gasteiger partial charge in [0, 0.05) is 30.0 Å². The molecule has 0 unspecified atom stereocenters. The van der Waals surface area contributed by atoms with Crippen molar-refractivity contribution in [3.8, 4) is 0 Å². The van der Waals surface area contributed by atoms with E-state index in [4.69, 9.17) is 4.74 Å². The number of benzene rings is 3. The molecule has 2 amide bonds. The van der Waals surface area contributed by atoms with Crippen LogP contribution in [-0.2, 0) is 17.9 Å². The van der Waals surface area contributed by atoms with E-state index in [0.29, 0.717) is 36.6 Å². The highest BCUT2D eigenvalue weighted by Gasteiger charge is 2.08. The third-order valence-corrected chi connectivity index (χ3v) is 4.39. The van der Waals surface area contributed by atoms with E-state index in [-0.39, 0.29) is 11.8 Å².